The summed E-state index contributed by atoms with van der Waals surface area (Å²) in [5, 5.41) is 16.0. The van der Waals surface area contributed by atoms with Crippen molar-refractivity contribution in [2.75, 3.05) is 0 Å². The fourth-order valence-corrected chi connectivity index (χ4v) is 3.01. The zero-order valence-corrected chi connectivity index (χ0v) is 12.5. The number of thiophene rings is 1. The molecule has 0 bridgehead atoms. The van der Waals surface area contributed by atoms with Gasteiger partial charge in [0.2, 0.25) is 5.82 Å². The van der Waals surface area contributed by atoms with E-state index < -0.39 is 16.4 Å². The number of hydrogen-bond acceptors (Lipinski definition) is 4. The number of hydrogen-bond donors (Lipinski definition) is 1. The van der Waals surface area contributed by atoms with Crippen molar-refractivity contribution in [1.29, 1.82) is 0 Å². The Hall–Kier alpha value is -1.79. The van der Waals surface area contributed by atoms with Gasteiger partial charge >= 0.3 is 5.69 Å². The second kappa shape index (κ2) is 7.28. The van der Waals surface area contributed by atoms with Crippen LogP contribution in [0.5, 0.6) is 0 Å². The summed E-state index contributed by atoms with van der Waals surface area (Å²) in [4.78, 5) is 11.1. The number of rotatable bonds is 7. The van der Waals surface area contributed by atoms with Crippen molar-refractivity contribution in [3.8, 4) is 0 Å². The lowest BCUT2D eigenvalue weighted by atomic mass is 10.1. The summed E-state index contributed by atoms with van der Waals surface area (Å²) in [5.41, 5.74) is 0.220. The highest BCUT2D eigenvalue weighted by Crippen LogP contribution is 2.24. The summed E-state index contributed by atoms with van der Waals surface area (Å²) in [6, 6.07) is 8.35. The molecule has 1 unspecified atom stereocenters. The van der Waals surface area contributed by atoms with Gasteiger partial charge in [-0.05, 0) is 29.5 Å². The first kappa shape index (κ1) is 15.6. The summed E-state index contributed by atoms with van der Waals surface area (Å²) in [6.07, 6.45) is 2.04. The van der Waals surface area contributed by atoms with Gasteiger partial charge in [0.15, 0.2) is 0 Å². The van der Waals surface area contributed by atoms with Crippen LogP contribution in [0.25, 0.3) is 0 Å². The van der Waals surface area contributed by atoms with Crippen molar-refractivity contribution in [2.24, 2.45) is 0 Å². The zero-order chi connectivity index (χ0) is 15.2. The maximum atomic E-state index is 13.6. The van der Waals surface area contributed by atoms with Crippen LogP contribution in [0.15, 0.2) is 35.7 Å². The molecule has 0 aliphatic rings. The molecule has 0 spiro atoms. The molecule has 1 N–H and O–H groups in total. The molecule has 0 fully saturated rings. The molecule has 2 rings (SSSR count). The van der Waals surface area contributed by atoms with E-state index in [9.17, 15) is 14.5 Å². The third-order valence-corrected chi connectivity index (χ3v) is 4.21. The summed E-state index contributed by atoms with van der Waals surface area (Å²) in [5.74, 6) is -0.789. The maximum Gasteiger partial charge on any atom is 0.304 e. The van der Waals surface area contributed by atoms with Crippen LogP contribution in [0.3, 0.4) is 0 Å². The van der Waals surface area contributed by atoms with E-state index in [1.165, 1.54) is 17.0 Å². The van der Waals surface area contributed by atoms with E-state index in [1.54, 1.807) is 17.4 Å². The number of benzene rings is 1. The van der Waals surface area contributed by atoms with Gasteiger partial charge in [0.25, 0.3) is 0 Å². The molecule has 1 aromatic heterocycles. The molecule has 0 saturated carbocycles. The molecule has 2 aromatic rings. The maximum absolute atomic E-state index is 13.6. The van der Waals surface area contributed by atoms with Crippen molar-refractivity contribution in [1.82, 2.24) is 5.32 Å². The predicted octanol–water partition coefficient (Wildman–Crippen LogP) is 4.43. The molecule has 1 aromatic carbocycles. The molecule has 6 heteroatoms. The molecular weight excluding hydrogens is 291 g/mol. The number of nitro benzene ring substituents is 1. The summed E-state index contributed by atoms with van der Waals surface area (Å²) < 4.78 is 13.6. The molecule has 0 aliphatic carbocycles. The van der Waals surface area contributed by atoms with Crippen molar-refractivity contribution < 1.29 is 9.31 Å². The quantitative estimate of drug-likeness (QED) is 0.608. The lowest BCUT2D eigenvalue weighted by molar-refractivity contribution is -0.387. The minimum absolute atomic E-state index is 0.230. The molecule has 112 valence electrons. The van der Waals surface area contributed by atoms with Crippen LogP contribution < -0.4 is 5.32 Å². The van der Waals surface area contributed by atoms with E-state index in [2.05, 4.69) is 18.3 Å². The minimum Gasteiger partial charge on any atom is -0.305 e. The van der Waals surface area contributed by atoms with Gasteiger partial charge in [0, 0.05) is 23.5 Å². The molecule has 0 aliphatic heterocycles. The highest BCUT2D eigenvalue weighted by atomic mass is 32.1. The Morgan fingerprint density at radius 2 is 2.24 bits per heavy atom. The molecule has 21 heavy (non-hydrogen) atoms. The first-order valence-corrected chi connectivity index (χ1v) is 7.69. The Kier molecular flexibility index (Phi) is 5.41. The fraction of sp³-hybridized carbons (Fsp3) is 0.333. The van der Waals surface area contributed by atoms with E-state index in [1.807, 2.05) is 11.4 Å². The molecule has 0 amide bonds. The molecule has 0 radical (unpaired) electrons. The summed E-state index contributed by atoms with van der Waals surface area (Å²) in [6.45, 7) is 2.60. The second-order valence-electron chi connectivity index (χ2n) is 4.78. The van der Waals surface area contributed by atoms with Crippen LogP contribution in [-0.2, 0) is 6.54 Å². The van der Waals surface area contributed by atoms with E-state index in [0.717, 1.165) is 12.8 Å². The standard InChI is InChI=1S/C15H17FN2O2S/c1-2-4-13(15-5-3-8-21-15)17-10-11-6-7-14(18(19)20)12(16)9-11/h3,5-9,13,17H,2,4,10H2,1H3. The molecule has 1 atom stereocenters. The first-order valence-electron chi connectivity index (χ1n) is 6.81. The zero-order valence-electron chi connectivity index (χ0n) is 11.7. The van der Waals surface area contributed by atoms with E-state index in [4.69, 9.17) is 0 Å². The van der Waals surface area contributed by atoms with Crippen LogP contribution in [-0.4, -0.2) is 4.92 Å². The Morgan fingerprint density at radius 1 is 1.43 bits per heavy atom. The van der Waals surface area contributed by atoms with Crippen LogP contribution in [0.4, 0.5) is 10.1 Å². The third-order valence-electron chi connectivity index (χ3n) is 3.23. The highest BCUT2D eigenvalue weighted by Gasteiger charge is 2.15. The Bertz CT molecular complexity index is 602. The van der Waals surface area contributed by atoms with Gasteiger partial charge in [-0.3, -0.25) is 10.1 Å². The number of nitrogens with zero attached hydrogens (tertiary/aromatic N) is 1. The molecule has 1 heterocycles. The van der Waals surface area contributed by atoms with Gasteiger partial charge < -0.3 is 5.32 Å². The lowest BCUT2D eigenvalue weighted by Gasteiger charge is -2.16. The van der Waals surface area contributed by atoms with E-state index >= 15 is 0 Å². The smallest absolute Gasteiger partial charge is 0.304 e. The van der Waals surface area contributed by atoms with Gasteiger partial charge in [-0.2, -0.15) is 4.39 Å². The van der Waals surface area contributed by atoms with Gasteiger partial charge in [-0.15, -0.1) is 11.3 Å². The van der Waals surface area contributed by atoms with Crippen molar-refractivity contribution in [2.45, 2.75) is 32.4 Å². The highest BCUT2D eigenvalue weighted by molar-refractivity contribution is 7.10. The normalized spacial score (nSPS) is 12.3. The number of nitrogens with one attached hydrogen (secondary N) is 1. The SMILES string of the molecule is CCCC(NCc1ccc([N+](=O)[O-])c(F)c1)c1cccs1. The van der Waals surface area contributed by atoms with Crippen molar-refractivity contribution in [3.05, 3.63) is 62.1 Å². The average Bonchev–Trinajstić information content (AvgIpc) is 2.97. The van der Waals surface area contributed by atoms with Crippen LogP contribution in [0.2, 0.25) is 0 Å². The number of nitro groups is 1. The summed E-state index contributed by atoms with van der Waals surface area (Å²) >= 11 is 1.69. The van der Waals surface area contributed by atoms with E-state index in [0.29, 0.717) is 12.1 Å². The van der Waals surface area contributed by atoms with Gasteiger partial charge in [-0.25, -0.2) is 0 Å². The largest absolute Gasteiger partial charge is 0.305 e. The Labute approximate surface area is 126 Å². The lowest BCUT2D eigenvalue weighted by Crippen LogP contribution is -2.20. The van der Waals surface area contributed by atoms with Gasteiger partial charge in [0.05, 0.1) is 4.92 Å². The molecule has 0 saturated heterocycles. The first-order chi connectivity index (χ1) is 10.1. The second-order valence-corrected chi connectivity index (χ2v) is 5.76. The monoisotopic (exact) mass is 308 g/mol. The summed E-state index contributed by atoms with van der Waals surface area (Å²) in [7, 11) is 0. The van der Waals surface area contributed by atoms with Crippen LogP contribution >= 0.6 is 11.3 Å². The third kappa shape index (κ3) is 4.09. The predicted molar refractivity (Wildman–Crippen MR) is 81.9 cm³/mol. The Morgan fingerprint density at radius 3 is 2.81 bits per heavy atom. The van der Waals surface area contributed by atoms with Gasteiger partial charge in [-0.1, -0.05) is 25.5 Å². The average molecular weight is 308 g/mol. The Balaban J connectivity index is 2.04. The fourth-order valence-electron chi connectivity index (χ4n) is 2.17. The van der Waals surface area contributed by atoms with Crippen LogP contribution in [0.1, 0.15) is 36.2 Å². The molecule has 4 nitrogen and oxygen atoms in total. The van der Waals surface area contributed by atoms with Crippen LogP contribution in [0, 0.1) is 15.9 Å². The van der Waals surface area contributed by atoms with Crippen molar-refractivity contribution in [3.63, 3.8) is 0 Å². The molecular formula is C15H17FN2O2S. The van der Waals surface area contributed by atoms with Crippen molar-refractivity contribution >= 4 is 17.0 Å². The van der Waals surface area contributed by atoms with Gasteiger partial charge in [0.1, 0.15) is 0 Å². The number of halogens is 1. The van der Waals surface area contributed by atoms with E-state index in [-0.39, 0.29) is 6.04 Å². The minimum atomic E-state index is -0.789. The topological polar surface area (TPSA) is 55.2 Å².